The molecule has 1 N–H and O–H groups in total. The van der Waals surface area contributed by atoms with Gasteiger partial charge in [0.2, 0.25) is 0 Å². The van der Waals surface area contributed by atoms with Gasteiger partial charge in [-0.2, -0.15) is 0 Å². The van der Waals surface area contributed by atoms with Crippen LogP contribution in [0.15, 0.2) is 0 Å². The molecule has 4 nitrogen and oxygen atoms in total. The Bertz CT molecular complexity index is 358. The Labute approximate surface area is 192 Å². The van der Waals surface area contributed by atoms with E-state index in [2.05, 4.69) is 6.92 Å². The molecular weight excluding hydrogens is 351 g/mol. The number of unbranched alkanes of at least 4 members (excludes halogenated alkanes) is 9. The minimum atomic E-state index is -4.15. The Morgan fingerprint density at radius 2 is 1.17 bits per heavy atom. The van der Waals surface area contributed by atoms with Crippen molar-refractivity contribution in [3.8, 4) is 0 Å². The molecule has 0 aliphatic rings. The van der Waals surface area contributed by atoms with E-state index >= 15 is 0 Å². The summed E-state index contributed by atoms with van der Waals surface area (Å²) < 4.78 is 34.1. The zero-order valence-corrected chi connectivity index (χ0v) is 20.1. The molecule has 0 aliphatic carbocycles. The van der Waals surface area contributed by atoms with Crippen molar-refractivity contribution in [3.05, 3.63) is 0 Å². The summed E-state index contributed by atoms with van der Waals surface area (Å²) in [5.41, 5.74) is 0. The molecule has 140 valence electrons. The maximum atomic E-state index is 11.4. The summed E-state index contributed by atoms with van der Waals surface area (Å²) in [7, 11) is -4.15. The van der Waals surface area contributed by atoms with E-state index in [-0.39, 0.29) is 57.5 Å². The number of aliphatic hydroxyl groups excluding tert-OH is 1. The smallest absolute Gasteiger partial charge is 0.748 e. The van der Waals surface area contributed by atoms with Crippen LogP contribution in [0.25, 0.3) is 0 Å². The SMILES string of the molecule is CCCCCCCCC(CCCCCCCC(C)O)S(=O)(=O)[O-].[K+]. The van der Waals surface area contributed by atoms with Crippen molar-refractivity contribution in [1.29, 1.82) is 0 Å². The molecule has 2 atom stereocenters. The zero-order valence-electron chi connectivity index (χ0n) is 16.1. The van der Waals surface area contributed by atoms with Gasteiger partial charge in [0.05, 0.1) is 16.2 Å². The van der Waals surface area contributed by atoms with Gasteiger partial charge in [-0.1, -0.05) is 77.6 Å². The molecule has 0 aromatic heterocycles. The van der Waals surface area contributed by atoms with E-state index in [0.29, 0.717) is 12.8 Å². The topological polar surface area (TPSA) is 77.4 Å². The Morgan fingerprint density at radius 3 is 1.54 bits per heavy atom. The fraction of sp³-hybridized carbons (Fsp3) is 1.00. The average Bonchev–Trinajstić information content (AvgIpc) is 2.46. The van der Waals surface area contributed by atoms with Crippen LogP contribution in [0, 0.1) is 0 Å². The molecule has 0 radical (unpaired) electrons. The molecule has 6 heteroatoms. The summed E-state index contributed by atoms with van der Waals surface area (Å²) in [6, 6.07) is 0. The predicted octanol–water partition coefficient (Wildman–Crippen LogP) is 1.77. The van der Waals surface area contributed by atoms with Gasteiger partial charge < -0.3 is 9.66 Å². The molecule has 24 heavy (non-hydrogen) atoms. The van der Waals surface area contributed by atoms with Gasteiger partial charge in [0.1, 0.15) is 0 Å². The van der Waals surface area contributed by atoms with Gasteiger partial charge in [-0.05, 0) is 26.2 Å². The van der Waals surface area contributed by atoms with E-state index in [1.165, 1.54) is 19.3 Å². The van der Waals surface area contributed by atoms with Crippen LogP contribution < -0.4 is 51.4 Å². The number of rotatable bonds is 16. The molecule has 0 saturated heterocycles. The van der Waals surface area contributed by atoms with Gasteiger partial charge >= 0.3 is 51.4 Å². The van der Waals surface area contributed by atoms with Gasteiger partial charge in [0.15, 0.2) is 0 Å². The molecular formula is C18H37KO4S. The first-order valence-corrected chi connectivity index (χ1v) is 11.0. The molecule has 0 heterocycles. The fourth-order valence-electron chi connectivity index (χ4n) is 2.93. The number of hydrogen-bond acceptors (Lipinski definition) is 4. The maximum absolute atomic E-state index is 11.4. The third-order valence-corrected chi connectivity index (χ3v) is 5.72. The summed E-state index contributed by atoms with van der Waals surface area (Å²) >= 11 is 0. The largest absolute Gasteiger partial charge is 1.00 e. The van der Waals surface area contributed by atoms with Gasteiger partial charge in [0.25, 0.3) is 0 Å². The number of hydrogen-bond donors (Lipinski definition) is 1. The molecule has 0 aromatic rings. The van der Waals surface area contributed by atoms with E-state index in [4.69, 9.17) is 5.11 Å². The molecule has 0 saturated carbocycles. The van der Waals surface area contributed by atoms with Gasteiger partial charge in [-0.15, -0.1) is 0 Å². The Balaban J connectivity index is 0. The molecule has 0 amide bonds. The Morgan fingerprint density at radius 1 is 0.792 bits per heavy atom. The normalized spacial score (nSPS) is 14.2. The number of aliphatic hydroxyl groups is 1. The summed E-state index contributed by atoms with van der Waals surface area (Å²) in [6.07, 6.45) is 13.2. The molecule has 0 rings (SSSR count). The third kappa shape index (κ3) is 18.3. The van der Waals surface area contributed by atoms with E-state index < -0.39 is 15.4 Å². The van der Waals surface area contributed by atoms with E-state index in [0.717, 1.165) is 57.8 Å². The Hall–Kier alpha value is 1.51. The van der Waals surface area contributed by atoms with Crippen LogP contribution in [0.1, 0.15) is 104 Å². The second kappa shape index (κ2) is 17.9. The first-order chi connectivity index (χ1) is 10.9. The van der Waals surface area contributed by atoms with Crippen LogP contribution in [0.3, 0.4) is 0 Å². The second-order valence-corrected chi connectivity index (χ2v) is 8.52. The molecule has 0 fully saturated rings. The Kier molecular flexibility index (Phi) is 20.7. The van der Waals surface area contributed by atoms with Crippen molar-refractivity contribution >= 4 is 10.1 Å². The molecule has 0 aromatic carbocycles. The summed E-state index contributed by atoms with van der Waals surface area (Å²) in [5.74, 6) is 0. The first kappa shape index (κ1) is 27.7. The van der Waals surface area contributed by atoms with Crippen molar-refractivity contribution < 1.29 is 69.5 Å². The van der Waals surface area contributed by atoms with Crippen molar-refractivity contribution in [2.75, 3.05) is 0 Å². The second-order valence-electron chi connectivity index (χ2n) is 6.87. The van der Waals surface area contributed by atoms with Crippen LogP contribution in [0.4, 0.5) is 0 Å². The average molecular weight is 389 g/mol. The standard InChI is InChI=1S/C18H38O4S.K/c1-3-4-5-6-9-12-15-18(23(20,21)22)16-13-10-7-8-11-14-17(2)19;/h17-19H,3-16H2,1-2H3,(H,20,21,22);/q;+1/p-1. The fourth-order valence-corrected chi connectivity index (χ4v) is 3.84. The molecule has 2 unspecified atom stereocenters. The molecule has 0 bridgehead atoms. The summed E-state index contributed by atoms with van der Waals surface area (Å²) in [6.45, 7) is 3.97. The molecule has 0 spiro atoms. The van der Waals surface area contributed by atoms with Crippen molar-refractivity contribution in [2.45, 2.75) is 115 Å². The van der Waals surface area contributed by atoms with Crippen LogP contribution in [0.5, 0.6) is 0 Å². The van der Waals surface area contributed by atoms with Gasteiger partial charge in [0, 0.05) is 5.25 Å². The first-order valence-electron chi connectivity index (χ1n) is 9.50. The molecule has 0 aliphatic heterocycles. The summed E-state index contributed by atoms with van der Waals surface area (Å²) in [4.78, 5) is 0. The quantitative estimate of drug-likeness (QED) is 0.248. The van der Waals surface area contributed by atoms with Crippen molar-refractivity contribution in [2.24, 2.45) is 0 Å². The van der Waals surface area contributed by atoms with Crippen LogP contribution in [0.2, 0.25) is 0 Å². The minimum Gasteiger partial charge on any atom is -0.748 e. The maximum Gasteiger partial charge on any atom is 1.00 e. The van der Waals surface area contributed by atoms with Gasteiger partial charge in [-0.3, -0.25) is 0 Å². The van der Waals surface area contributed by atoms with E-state index in [1.54, 1.807) is 6.92 Å². The van der Waals surface area contributed by atoms with Crippen molar-refractivity contribution in [1.82, 2.24) is 0 Å². The summed E-state index contributed by atoms with van der Waals surface area (Å²) in [5, 5.41) is 8.48. The predicted molar refractivity (Wildman–Crippen MR) is 95.5 cm³/mol. The third-order valence-electron chi connectivity index (χ3n) is 4.44. The van der Waals surface area contributed by atoms with E-state index in [1.807, 2.05) is 0 Å². The van der Waals surface area contributed by atoms with Crippen LogP contribution >= 0.6 is 0 Å². The van der Waals surface area contributed by atoms with Gasteiger partial charge in [-0.25, -0.2) is 8.42 Å². The minimum absolute atomic E-state index is 0. The zero-order chi connectivity index (χ0) is 17.6. The van der Waals surface area contributed by atoms with Crippen molar-refractivity contribution in [3.63, 3.8) is 0 Å². The monoisotopic (exact) mass is 388 g/mol. The van der Waals surface area contributed by atoms with Crippen LogP contribution in [-0.2, 0) is 10.1 Å². The van der Waals surface area contributed by atoms with E-state index in [9.17, 15) is 13.0 Å². The van der Waals surface area contributed by atoms with Crippen LogP contribution in [-0.4, -0.2) is 29.4 Å².